The number of rotatable bonds is 5. The second-order valence-electron chi connectivity index (χ2n) is 5.56. The number of hydrogen-bond donors (Lipinski definition) is 2. The number of aromatic nitrogens is 2. The van der Waals surface area contributed by atoms with Gasteiger partial charge >= 0.3 is 88.7 Å². The van der Waals surface area contributed by atoms with Gasteiger partial charge in [0, 0.05) is 17.2 Å². The average Bonchev–Trinajstić information content (AvgIpc) is 3.16. The third kappa shape index (κ3) is 10.5. The quantitative estimate of drug-likeness (QED) is 0.261. The molecule has 0 unspecified atom stereocenters. The third-order valence-electron chi connectivity index (χ3n) is 3.73. The van der Waals surface area contributed by atoms with Crippen LogP contribution in [0.25, 0.3) is 22.5 Å². The zero-order valence-corrected chi connectivity index (χ0v) is 25.6. The van der Waals surface area contributed by atoms with Crippen LogP contribution in [0, 0.1) is 0 Å². The molecule has 0 fully saturated rings. The van der Waals surface area contributed by atoms with Crippen LogP contribution in [-0.2, 0) is 4.57 Å². The SMILES string of the molecule is COc1cc(OC)cc(-c2nc[nH]c2-c2ccc(OC)c(O)c2)c1.O=P([O-])([O-])[O-].[Na+].[Na+].[Na+]. The summed E-state index contributed by atoms with van der Waals surface area (Å²) in [6.07, 6.45) is 1.61. The molecular formula is C18H18N2Na3O8P. The summed E-state index contributed by atoms with van der Waals surface area (Å²) in [5, 5.41) is 10.0. The normalized spacial score (nSPS) is 9.69. The molecule has 156 valence electrons. The summed E-state index contributed by atoms with van der Waals surface area (Å²) < 4.78 is 24.3. The zero-order valence-electron chi connectivity index (χ0n) is 18.7. The fourth-order valence-corrected chi connectivity index (χ4v) is 2.52. The van der Waals surface area contributed by atoms with Gasteiger partial charge in [0.2, 0.25) is 0 Å². The van der Waals surface area contributed by atoms with E-state index in [-0.39, 0.29) is 94.4 Å². The zero-order chi connectivity index (χ0) is 21.6. The molecule has 0 spiro atoms. The Balaban J connectivity index is 0. The number of ether oxygens (including phenoxy) is 3. The van der Waals surface area contributed by atoms with Crippen LogP contribution in [-0.4, -0.2) is 36.4 Å². The van der Waals surface area contributed by atoms with Crippen molar-refractivity contribution in [2.45, 2.75) is 0 Å². The maximum Gasteiger partial charge on any atom is 1.00 e. The number of aromatic hydroxyl groups is 1. The number of phenols is 1. The molecule has 2 aromatic carbocycles. The van der Waals surface area contributed by atoms with Crippen LogP contribution >= 0.6 is 7.82 Å². The van der Waals surface area contributed by atoms with E-state index < -0.39 is 7.82 Å². The number of nitrogens with zero attached hydrogens (tertiary/aromatic N) is 1. The van der Waals surface area contributed by atoms with E-state index >= 15 is 0 Å². The molecule has 0 bridgehead atoms. The fourth-order valence-electron chi connectivity index (χ4n) is 2.52. The van der Waals surface area contributed by atoms with Crippen molar-refractivity contribution in [3.8, 4) is 45.5 Å². The third-order valence-corrected chi connectivity index (χ3v) is 3.73. The minimum atomic E-state index is -5.39. The van der Waals surface area contributed by atoms with Crippen LogP contribution < -0.4 is 118 Å². The van der Waals surface area contributed by atoms with Gasteiger partial charge in [-0.3, -0.25) is 0 Å². The summed E-state index contributed by atoms with van der Waals surface area (Å²) in [6.45, 7) is 0. The van der Waals surface area contributed by atoms with Gasteiger partial charge in [-0.05, 0) is 30.3 Å². The minimum Gasteiger partial charge on any atom is -0.822 e. The molecule has 14 heteroatoms. The van der Waals surface area contributed by atoms with Gasteiger partial charge in [0.25, 0.3) is 0 Å². The van der Waals surface area contributed by atoms with Crippen molar-refractivity contribution >= 4 is 7.82 Å². The first-order chi connectivity index (χ1) is 13.7. The molecule has 0 saturated heterocycles. The van der Waals surface area contributed by atoms with Crippen molar-refractivity contribution in [3.63, 3.8) is 0 Å². The van der Waals surface area contributed by atoms with E-state index in [0.717, 1.165) is 22.5 Å². The number of hydrogen-bond acceptors (Lipinski definition) is 9. The van der Waals surface area contributed by atoms with E-state index in [9.17, 15) is 5.11 Å². The minimum absolute atomic E-state index is 0. The van der Waals surface area contributed by atoms with Crippen LogP contribution in [0.1, 0.15) is 0 Å². The predicted octanol–water partition coefficient (Wildman–Crippen LogP) is -8.34. The first-order valence-corrected chi connectivity index (χ1v) is 9.49. The van der Waals surface area contributed by atoms with Crippen molar-refractivity contribution in [2.75, 3.05) is 21.3 Å². The first kappa shape index (κ1) is 34.1. The van der Waals surface area contributed by atoms with Crippen molar-refractivity contribution in [1.82, 2.24) is 9.97 Å². The number of aromatic amines is 1. The summed E-state index contributed by atoms with van der Waals surface area (Å²) in [6, 6.07) is 10.8. The van der Waals surface area contributed by atoms with E-state index in [4.69, 9.17) is 33.5 Å². The topological polar surface area (TPSA) is 163 Å². The number of phosphoric acid groups is 1. The van der Waals surface area contributed by atoms with E-state index in [1.807, 2.05) is 18.2 Å². The van der Waals surface area contributed by atoms with Gasteiger partial charge in [0.15, 0.2) is 11.5 Å². The second kappa shape index (κ2) is 15.8. The average molecular weight is 490 g/mol. The maximum atomic E-state index is 10.0. The summed E-state index contributed by atoms with van der Waals surface area (Å²) in [5.41, 5.74) is 3.15. The molecule has 2 N–H and O–H groups in total. The van der Waals surface area contributed by atoms with Gasteiger partial charge in [0.05, 0.1) is 39.0 Å². The van der Waals surface area contributed by atoms with Gasteiger partial charge in [0.1, 0.15) is 11.5 Å². The standard InChI is InChI=1S/C18H18N2O4.3Na.H3O4P/c1-22-13-6-12(7-14(9-13)23-2)18-17(19-10-20-18)11-4-5-16(24-3)15(21)8-11;;;;1-5(2,3)4/h4-10,21H,1-3H3,(H,19,20);;;;(H3,1,2,3,4)/q;3*+1;/p-3. The molecule has 0 amide bonds. The summed E-state index contributed by atoms with van der Waals surface area (Å²) in [5.74, 6) is 1.84. The monoisotopic (exact) mass is 490 g/mol. The Morgan fingerprint density at radius 1 is 0.875 bits per heavy atom. The molecule has 0 radical (unpaired) electrons. The number of benzene rings is 2. The molecule has 0 saturated carbocycles. The largest absolute Gasteiger partial charge is 1.00 e. The van der Waals surface area contributed by atoms with Crippen molar-refractivity contribution in [1.29, 1.82) is 0 Å². The Hall–Kier alpha value is -0.0400. The van der Waals surface area contributed by atoms with Gasteiger partial charge in [-0.25, -0.2) is 4.98 Å². The fraction of sp³-hybridized carbons (Fsp3) is 0.167. The van der Waals surface area contributed by atoms with Gasteiger partial charge in [-0.15, -0.1) is 0 Å². The summed E-state index contributed by atoms with van der Waals surface area (Å²) in [7, 11) is -0.671. The molecule has 3 rings (SSSR count). The predicted molar refractivity (Wildman–Crippen MR) is 98.4 cm³/mol. The van der Waals surface area contributed by atoms with Gasteiger partial charge in [-0.2, -0.15) is 7.82 Å². The molecule has 0 atom stereocenters. The van der Waals surface area contributed by atoms with Gasteiger partial charge in [-0.1, -0.05) is 0 Å². The van der Waals surface area contributed by atoms with Crippen molar-refractivity contribution in [2.24, 2.45) is 0 Å². The molecule has 0 aliphatic rings. The molecule has 0 aliphatic carbocycles. The van der Waals surface area contributed by atoms with Crippen molar-refractivity contribution < 1.29 is 127 Å². The van der Waals surface area contributed by atoms with Crippen LogP contribution in [0.4, 0.5) is 0 Å². The number of H-pyrrole nitrogens is 1. The Kier molecular flexibility index (Phi) is 16.8. The Labute approximate surface area is 251 Å². The first-order valence-electron chi connectivity index (χ1n) is 8.03. The molecular weight excluding hydrogens is 472 g/mol. The van der Waals surface area contributed by atoms with Crippen LogP contribution in [0.15, 0.2) is 42.7 Å². The van der Waals surface area contributed by atoms with E-state index in [1.54, 1.807) is 38.7 Å². The molecule has 0 aliphatic heterocycles. The Morgan fingerprint density at radius 3 is 1.84 bits per heavy atom. The molecule has 1 aromatic heterocycles. The summed E-state index contributed by atoms with van der Waals surface area (Å²) in [4.78, 5) is 33.2. The van der Waals surface area contributed by atoms with Crippen LogP contribution in [0.5, 0.6) is 23.0 Å². The number of imidazole rings is 1. The Bertz CT molecular complexity index is 999. The smallest absolute Gasteiger partial charge is 0.822 e. The Morgan fingerprint density at radius 2 is 1.41 bits per heavy atom. The van der Waals surface area contributed by atoms with E-state index in [0.29, 0.717) is 17.2 Å². The molecule has 10 nitrogen and oxygen atoms in total. The molecule has 32 heavy (non-hydrogen) atoms. The number of methoxy groups -OCH3 is 3. The molecule has 1 heterocycles. The van der Waals surface area contributed by atoms with E-state index in [1.165, 1.54) is 7.11 Å². The maximum absolute atomic E-state index is 10.0. The summed E-state index contributed by atoms with van der Waals surface area (Å²) >= 11 is 0. The van der Waals surface area contributed by atoms with E-state index in [2.05, 4.69) is 9.97 Å². The van der Waals surface area contributed by atoms with Crippen LogP contribution in [0.2, 0.25) is 0 Å². The molecule has 3 aromatic rings. The number of phenolic OH excluding ortho intramolecular Hbond substituents is 1. The number of nitrogens with one attached hydrogen (secondary N) is 1. The van der Waals surface area contributed by atoms with Crippen molar-refractivity contribution in [3.05, 3.63) is 42.7 Å². The van der Waals surface area contributed by atoms with Gasteiger partial charge < -0.3 is 43.5 Å². The second-order valence-corrected chi connectivity index (χ2v) is 6.46. The van der Waals surface area contributed by atoms with Crippen LogP contribution in [0.3, 0.4) is 0 Å².